The molecule has 0 saturated carbocycles. The average molecular weight is 288 g/mol. The minimum absolute atomic E-state index is 0.458. The summed E-state index contributed by atoms with van der Waals surface area (Å²) in [6.45, 7) is 10.8. The highest BCUT2D eigenvalue weighted by atomic mass is 15.2. The number of pyridine rings is 1. The highest BCUT2D eigenvalue weighted by molar-refractivity contribution is 5.56. The van der Waals surface area contributed by atoms with Gasteiger partial charge in [-0.2, -0.15) is 0 Å². The number of rotatable bonds is 7. The Morgan fingerprint density at radius 1 is 1.29 bits per heavy atom. The molecular weight excluding hydrogens is 260 g/mol. The molecule has 0 aromatic carbocycles. The molecule has 0 saturated heterocycles. The predicted octanol–water partition coefficient (Wildman–Crippen LogP) is 3.31. The molecular formula is C17H28N4. The summed E-state index contributed by atoms with van der Waals surface area (Å²) in [7, 11) is 2.15. The minimum atomic E-state index is 0.458. The van der Waals surface area contributed by atoms with E-state index in [4.69, 9.17) is 4.98 Å². The lowest BCUT2D eigenvalue weighted by molar-refractivity contribution is 0.501. The predicted molar refractivity (Wildman–Crippen MR) is 89.9 cm³/mol. The van der Waals surface area contributed by atoms with Crippen LogP contribution in [-0.4, -0.2) is 29.0 Å². The van der Waals surface area contributed by atoms with E-state index in [9.17, 15) is 0 Å². The molecule has 1 atom stereocenters. The lowest BCUT2D eigenvalue weighted by Gasteiger charge is -2.29. The van der Waals surface area contributed by atoms with E-state index in [-0.39, 0.29) is 0 Å². The summed E-state index contributed by atoms with van der Waals surface area (Å²) in [4.78, 5) is 7.15. The third-order valence-corrected chi connectivity index (χ3v) is 4.24. The first-order valence-corrected chi connectivity index (χ1v) is 7.95. The van der Waals surface area contributed by atoms with Crippen molar-refractivity contribution in [1.82, 2.24) is 14.7 Å². The molecule has 4 heteroatoms. The maximum Gasteiger partial charge on any atom is 0.152 e. The molecule has 1 unspecified atom stereocenters. The monoisotopic (exact) mass is 288 g/mol. The van der Waals surface area contributed by atoms with Crippen molar-refractivity contribution >= 4 is 11.5 Å². The molecule has 2 aromatic heterocycles. The van der Waals surface area contributed by atoms with Gasteiger partial charge in [0, 0.05) is 25.8 Å². The summed E-state index contributed by atoms with van der Waals surface area (Å²) >= 11 is 0. The highest BCUT2D eigenvalue weighted by Gasteiger charge is 2.20. The van der Waals surface area contributed by atoms with Crippen LogP contribution in [-0.2, 0) is 6.54 Å². The summed E-state index contributed by atoms with van der Waals surface area (Å²) in [6.07, 6.45) is 3.24. The number of nitrogens with zero attached hydrogens (tertiary/aromatic N) is 3. The van der Waals surface area contributed by atoms with Crippen LogP contribution < -0.4 is 10.2 Å². The van der Waals surface area contributed by atoms with E-state index in [1.54, 1.807) is 0 Å². The maximum absolute atomic E-state index is 4.84. The molecule has 2 heterocycles. The Labute approximate surface area is 128 Å². The summed E-state index contributed by atoms with van der Waals surface area (Å²) in [5, 5.41) is 3.51. The average Bonchev–Trinajstić information content (AvgIpc) is 2.85. The Kier molecular flexibility index (Phi) is 5.23. The van der Waals surface area contributed by atoms with Gasteiger partial charge in [0.05, 0.1) is 5.69 Å². The number of fused-ring (bicyclic) bond motifs is 1. The topological polar surface area (TPSA) is 32.6 Å². The van der Waals surface area contributed by atoms with Gasteiger partial charge in [0.25, 0.3) is 0 Å². The van der Waals surface area contributed by atoms with Gasteiger partial charge in [-0.1, -0.05) is 26.8 Å². The molecule has 0 aliphatic heterocycles. The Hall–Kier alpha value is -1.55. The van der Waals surface area contributed by atoms with Crippen LogP contribution in [0.3, 0.4) is 0 Å². The molecule has 2 aromatic rings. The van der Waals surface area contributed by atoms with Crippen LogP contribution in [0.15, 0.2) is 24.4 Å². The lowest BCUT2D eigenvalue weighted by Crippen LogP contribution is -2.34. The number of imidazole rings is 1. The van der Waals surface area contributed by atoms with E-state index in [2.05, 4.69) is 67.7 Å². The molecule has 0 radical (unpaired) electrons. The lowest BCUT2D eigenvalue weighted by atomic mass is 10.1. The number of aromatic nitrogens is 2. The summed E-state index contributed by atoms with van der Waals surface area (Å²) < 4.78 is 2.20. The van der Waals surface area contributed by atoms with Crippen molar-refractivity contribution < 1.29 is 0 Å². The molecule has 4 nitrogen and oxygen atoms in total. The van der Waals surface area contributed by atoms with Gasteiger partial charge in [-0.3, -0.25) is 0 Å². The van der Waals surface area contributed by atoms with Crippen molar-refractivity contribution in [3.63, 3.8) is 0 Å². The second-order valence-electron chi connectivity index (χ2n) is 6.08. The Bertz CT molecular complexity index is 573. The first-order valence-electron chi connectivity index (χ1n) is 7.95. The van der Waals surface area contributed by atoms with E-state index in [1.807, 2.05) is 6.07 Å². The molecule has 116 valence electrons. The summed E-state index contributed by atoms with van der Waals surface area (Å²) in [5.74, 6) is 1.68. The van der Waals surface area contributed by atoms with Crippen LogP contribution in [0.2, 0.25) is 0 Å². The molecule has 2 rings (SSSR count). The Balaban J connectivity index is 2.38. The largest absolute Gasteiger partial charge is 0.355 e. The molecule has 0 spiro atoms. The molecule has 1 N–H and O–H groups in total. The first kappa shape index (κ1) is 15.8. The van der Waals surface area contributed by atoms with Crippen LogP contribution in [0.1, 0.15) is 39.8 Å². The number of hydrogen-bond acceptors (Lipinski definition) is 3. The normalized spacial score (nSPS) is 13.0. The maximum atomic E-state index is 4.84. The van der Waals surface area contributed by atoms with Gasteiger partial charge < -0.3 is 14.6 Å². The van der Waals surface area contributed by atoms with Crippen molar-refractivity contribution in [3.05, 3.63) is 30.1 Å². The smallest absolute Gasteiger partial charge is 0.152 e. The Morgan fingerprint density at radius 2 is 2.05 bits per heavy atom. The van der Waals surface area contributed by atoms with E-state index in [1.165, 1.54) is 5.69 Å². The molecule has 0 bridgehead atoms. The second-order valence-corrected chi connectivity index (χ2v) is 6.08. The summed E-state index contributed by atoms with van der Waals surface area (Å²) in [5.41, 5.74) is 2.26. The molecule has 0 aliphatic rings. The van der Waals surface area contributed by atoms with Gasteiger partial charge in [0.2, 0.25) is 0 Å². The van der Waals surface area contributed by atoms with Gasteiger partial charge in [-0.25, -0.2) is 4.98 Å². The standard InChI is InChI=1S/C17H28N4/c1-6-10-18-12-15-17(20(5)14(4)13(2)3)19-16-9-7-8-11-21(15)16/h7-9,11,13-14,18H,6,10,12H2,1-5H3. The zero-order valence-corrected chi connectivity index (χ0v) is 13.9. The zero-order valence-electron chi connectivity index (χ0n) is 13.9. The van der Waals surface area contributed by atoms with Crippen LogP contribution in [0.4, 0.5) is 5.82 Å². The fourth-order valence-corrected chi connectivity index (χ4v) is 2.50. The number of hydrogen-bond donors (Lipinski definition) is 1. The van der Waals surface area contributed by atoms with Gasteiger partial charge >= 0.3 is 0 Å². The van der Waals surface area contributed by atoms with Gasteiger partial charge in [0.15, 0.2) is 5.82 Å². The number of anilines is 1. The van der Waals surface area contributed by atoms with Crippen molar-refractivity contribution in [2.24, 2.45) is 5.92 Å². The van der Waals surface area contributed by atoms with Crippen molar-refractivity contribution in [2.45, 2.75) is 46.7 Å². The van der Waals surface area contributed by atoms with Crippen LogP contribution in [0.5, 0.6) is 0 Å². The molecule has 0 fully saturated rings. The zero-order chi connectivity index (χ0) is 15.4. The minimum Gasteiger partial charge on any atom is -0.355 e. The summed E-state index contributed by atoms with van der Waals surface area (Å²) in [6, 6.07) is 6.63. The highest BCUT2D eigenvalue weighted by Crippen LogP contribution is 2.24. The quantitative estimate of drug-likeness (QED) is 0.793. The third kappa shape index (κ3) is 3.38. The van der Waals surface area contributed by atoms with Gasteiger partial charge in [-0.15, -0.1) is 0 Å². The van der Waals surface area contributed by atoms with Crippen LogP contribution >= 0.6 is 0 Å². The van der Waals surface area contributed by atoms with Crippen molar-refractivity contribution in [3.8, 4) is 0 Å². The van der Waals surface area contributed by atoms with Gasteiger partial charge in [0.1, 0.15) is 5.65 Å². The second kappa shape index (κ2) is 6.94. The fraction of sp³-hybridized carbons (Fsp3) is 0.588. The van der Waals surface area contributed by atoms with E-state index in [0.717, 1.165) is 31.0 Å². The van der Waals surface area contributed by atoms with E-state index >= 15 is 0 Å². The van der Waals surface area contributed by atoms with E-state index < -0.39 is 0 Å². The molecule has 21 heavy (non-hydrogen) atoms. The van der Waals surface area contributed by atoms with Crippen LogP contribution in [0.25, 0.3) is 5.65 Å². The van der Waals surface area contributed by atoms with Crippen molar-refractivity contribution in [2.75, 3.05) is 18.5 Å². The SMILES string of the molecule is CCCNCc1c(N(C)C(C)C(C)C)nc2ccccn12. The number of nitrogens with one attached hydrogen (secondary N) is 1. The molecule has 0 amide bonds. The Morgan fingerprint density at radius 3 is 2.71 bits per heavy atom. The van der Waals surface area contributed by atoms with Gasteiger partial charge in [-0.05, 0) is 37.9 Å². The fourth-order valence-electron chi connectivity index (χ4n) is 2.50. The van der Waals surface area contributed by atoms with E-state index in [0.29, 0.717) is 12.0 Å². The molecule has 0 aliphatic carbocycles. The third-order valence-electron chi connectivity index (χ3n) is 4.24. The van der Waals surface area contributed by atoms with Crippen LogP contribution in [0, 0.1) is 5.92 Å². The van der Waals surface area contributed by atoms with Crippen molar-refractivity contribution in [1.29, 1.82) is 0 Å². The first-order chi connectivity index (χ1) is 10.1.